The maximum Gasteiger partial charge on any atom is 0.225 e. The van der Waals surface area contributed by atoms with E-state index in [1.54, 1.807) is 7.11 Å². The molecule has 0 aromatic heterocycles. The number of fused-ring (bicyclic) bond motifs is 1. The van der Waals surface area contributed by atoms with E-state index in [2.05, 4.69) is 37.3 Å². The van der Waals surface area contributed by atoms with Crippen molar-refractivity contribution >= 4 is 5.91 Å². The standard InChI is InChI=1S/C27H35NO4/c1-17(2)26(30)28-15-23(27(4,16-28)18(3)29)21-10-11-24(31-5)25(14-21)32-22-12-19-8-6-7-9-20(19)13-22/h6-11,14,17-18,22-23,29H,12-13,15-16H2,1-5H3/t18-,23+,27+/m1/s1. The lowest BCUT2D eigenvalue weighted by molar-refractivity contribution is -0.134. The average molecular weight is 438 g/mol. The number of carbonyl (C=O) groups is 1. The maximum atomic E-state index is 12.7. The lowest BCUT2D eigenvalue weighted by Gasteiger charge is -2.34. The summed E-state index contributed by atoms with van der Waals surface area (Å²) >= 11 is 0. The first-order chi connectivity index (χ1) is 15.2. The molecular weight excluding hydrogens is 402 g/mol. The van der Waals surface area contributed by atoms with Gasteiger partial charge < -0.3 is 19.5 Å². The van der Waals surface area contributed by atoms with Gasteiger partial charge in [-0.25, -0.2) is 0 Å². The minimum absolute atomic E-state index is 0.0132. The SMILES string of the molecule is COc1ccc([C@@H]2CN(C(=O)C(C)C)C[C@@]2(C)[C@@H](C)O)cc1OC1Cc2ccccc2C1. The van der Waals surface area contributed by atoms with Crippen LogP contribution in [0.4, 0.5) is 0 Å². The Balaban J connectivity index is 1.61. The van der Waals surface area contributed by atoms with Crippen LogP contribution in [0.2, 0.25) is 0 Å². The van der Waals surface area contributed by atoms with Crippen LogP contribution >= 0.6 is 0 Å². The van der Waals surface area contributed by atoms with E-state index in [0.717, 1.165) is 24.2 Å². The van der Waals surface area contributed by atoms with E-state index >= 15 is 0 Å². The van der Waals surface area contributed by atoms with Crippen LogP contribution in [0.3, 0.4) is 0 Å². The molecule has 0 saturated carbocycles. The molecule has 1 fully saturated rings. The highest BCUT2D eigenvalue weighted by Crippen LogP contribution is 2.47. The molecule has 0 radical (unpaired) electrons. The third kappa shape index (κ3) is 4.11. The Hall–Kier alpha value is -2.53. The normalized spacial score (nSPS) is 24.0. The number of rotatable bonds is 6. The molecule has 0 spiro atoms. The van der Waals surface area contributed by atoms with Gasteiger partial charge in [-0.05, 0) is 35.7 Å². The molecule has 1 saturated heterocycles. The van der Waals surface area contributed by atoms with Crippen LogP contribution in [0.15, 0.2) is 42.5 Å². The van der Waals surface area contributed by atoms with Crippen molar-refractivity contribution in [3.05, 3.63) is 59.2 Å². The lowest BCUT2D eigenvalue weighted by Crippen LogP contribution is -2.39. The number of amides is 1. The molecule has 32 heavy (non-hydrogen) atoms. The summed E-state index contributed by atoms with van der Waals surface area (Å²) in [4.78, 5) is 14.6. The molecule has 172 valence electrons. The van der Waals surface area contributed by atoms with Crippen LogP contribution in [0.25, 0.3) is 0 Å². The number of likely N-dealkylation sites (tertiary alicyclic amines) is 1. The molecule has 1 aliphatic carbocycles. The molecule has 1 aliphatic heterocycles. The molecular formula is C27H35NO4. The van der Waals surface area contributed by atoms with Crippen molar-refractivity contribution in [3.8, 4) is 11.5 Å². The number of aliphatic hydroxyl groups is 1. The number of hydrogen-bond acceptors (Lipinski definition) is 4. The van der Waals surface area contributed by atoms with Gasteiger partial charge in [-0.15, -0.1) is 0 Å². The number of aliphatic hydroxyl groups excluding tert-OH is 1. The van der Waals surface area contributed by atoms with E-state index in [0.29, 0.717) is 18.8 Å². The predicted octanol–water partition coefficient (Wildman–Crippen LogP) is 4.21. The van der Waals surface area contributed by atoms with Gasteiger partial charge in [0.1, 0.15) is 6.10 Å². The fourth-order valence-corrected chi connectivity index (χ4v) is 5.24. The molecule has 3 atom stereocenters. The summed E-state index contributed by atoms with van der Waals surface area (Å²) in [7, 11) is 1.66. The first kappa shape index (κ1) is 22.7. The van der Waals surface area contributed by atoms with Crippen molar-refractivity contribution < 1.29 is 19.4 Å². The first-order valence-electron chi connectivity index (χ1n) is 11.6. The van der Waals surface area contributed by atoms with Gasteiger partial charge in [0.05, 0.1) is 13.2 Å². The van der Waals surface area contributed by atoms with Crippen LogP contribution in [0, 0.1) is 11.3 Å². The molecule has 1 amide bonds. The lowest BCUT2D eigenvalue weighted by atomic mass is 9.72. The van der Waals surface area contributed by atoms with Crippen LogP contribution in [0.5, 0.6) is 11.5 Å². The Bertz CT molecular complexity index is 960. The van der Waals surface area contributed by atoms with Crippen LogP contribution < -0.4 is 9.47 Å². The Morgan fingerprint density at radius 3 is 2.31 bits per heavy atom. The first-order valence-corrected chi connectivity index (χ1v) is 11.6. The fraction of sp³-hybridized carbons (Fsp3) is 0.519. The van der Waals surface area contributed by atoms with Gasteiger partial charge in [0, 0.05) is 43.2 Å². The zero-order valence-electron chi connectivity index (χ0n) is 19.8. The summed E-state index contributed by atoms with van der Waals surface area (Å²) in [5.41, 5.74) is 3.32. The number of ether oxygens (including phenoxy) is 2. The number of methoxy groups -OCH3 is 1. The van der Waals surface area contributed by atoms with Gasteiger partial charge in [-0.3, -0.25) is 4.79 Å². The largest absolute Gasteiger partial charge is 0.493 e. The molecule has 1 heterocycles. The molecule has 5 nitrogen and oxygen atoms in total. The molecule has 2 aromatic rings. The predicted molar refractivity (Wildman–Crippen MR) is 125 cm³/mol. The minimum Gasteiger partial charge on any atom is -0.493 e. The van der Waals surface area contributed by atoms with E-state index in [-0.39, 0.29) is 23.8 Å². The Morgan fingerprint density at radius 1 is 1.09 bits per heavy atom. The highest BCUT2D eigenvalue weighted by Gasteiger charge is 2.48. The summed E-state index contributed by atoms with van der Waals surface area (Å²) in [5.74, 6) is 1.51. The monoisotopic (exact) mass is 437 g/mol. The molecule has 2 aliphatic rings. The number of carbonyl (C=O) groups excluding carboxylic acids is 1. The molecule has 2 aromatic carbocycles. The van der Waals surface area contributed by atoms with Crippen LogP contribution in [-0.2, 0) is 17.6 Å². The quantitative estimate of drug-likeness (QED) is 0.736. The van der Waals surface area contributed by atoms with Crippen molar-refractivity contribution in [2.75, 3.05) is 20.2 Å². The van der Waals surface area contributed by atoms with Crippen LogP contribution in [-0.4, -0.2) is 48.3 Å². The Kier molecular flexibility index (Phi) is 6.22. The zero-order valence-corrected chi connectivity index (χ0v) is 19.8. The third-order valence-electron chi connectivity index (χ3n) is 7.39. The molecule has 4 rings (SSSR count). The summed E-state index contributed by atoms with van der Waals surface area (Å²) < 4.78 is 12.1. The van der Waals surface area contributed by atoms with Crippen molar-refractivity contribution in [1.29, 1.82) is 0 Å². The Labute approximate surface area is 191 Å². The van der Waals surface area contributed by atoms with Gasteiger partial charge in [-0.2, -0.15) is 0 Å². The summed E-state index contributed by atoms with van der Waals surface area (Å²) in [6, 6.07) is 14.5. The van der Waals surface area contributed by atoms with Gasteiger partial charge in [0.2, 0.25) is 5.91 Å². The Morgan fingerprint density at radius 2 is 1.75 bits per heavy atom. The van der Waals surface area contributed by atoms with Crippen molar-refractivity contribution in [1.82, 2.24) is 4.90 Å². The van der Waals surface area contributed by atoms with E-state index in [1.807, 2.05) is 37.8 Å². The van der Waals surface area contributed by atoms with Gasteiger partial charge in [0.15, 0.2) is 11.5 Å². The van der Waals surface area contributed by atoms with Crippen molar-refractivity contribution in [3.63, 3.8) is 0 Å². The highest BCUT2D eigenvalue weighted by atomic mass is 16.5. The topological polar surface area (TPSA) is 59.0 Å². The minimum atomic E-state index is -0.548. The smallest absolute Gasteiger partial charge is 0.225 e. The molecule has 5 heteroatoms. The summed E-state index contributed by atoms with van der Waals surface area (Å²) in [6.45, 7) is 8.90. The number of nitrogens with zero attached hydrogens (tertiary/aromatic N) is 1. The van der Waals surface area contributed by atoms with Crippen LogP contribution in [0.1, 0.15) is 50.3 Å². The van der Waals surface area contributed by atoms with Gasteiger partial charge in [0.25, 0.3) is 0 Å². The number of hydrogen-bond donors (Lipinski definition) is 1. The van der Waals surface area contributed by atoms with E-state index in [4.69, 9.17) is 9.47 Å². The van der Waals surface area contributed by atoms with Gasteiger partial charge in [-0.1, -0.05) is 51.1 Å². The summed E-state index contributed by atoms with van der Waals surface area (Å²) in [6.07, 6.45) is 1.29. The maximum absolute atomic E-state index is 12.7. The second-order valence-electron chi connectivity index (χ2n) is 9.93. The molecule has 1 N–H and O–H groups in total. The second kappa shape index (κ2) is 8.78. The van der Waals surface area contributed by atoms with E-state index in [9.17, 15) is 9.90 Å². The van der Waals surface area contributed by atoms with Crippen molar-refractivity contribution in [2.24, 2.45) is 11.3 Å². The third-order valence-corrected chi connectivity index (χ3v) is 7.39. The fourth-order valence-electron chi connectivity index (χ4n) is 5.24. The number of benzene rings is 2. The molecule has 0 bridgehead atoms. The van der Waals surface area contributed by atoms with E-state index < -0.39 is 11.5 Å². The molecule has 0 unspecified atom stereocenters. The highest BCUT2D eigenvalue weighted by molar-refractivity contribution is 5.78. The summed E-state index contributed by atoms with van der Waals surface area (Å²) in [5, 5.41) is 10.7. The zero-order chi connectivity index (χ0) is 23.0. The van der Waals surface area contributed by atoms with Gasteiger partial charge >= 0.3 is 0 Å². The van der Waals surface area contributed by atoms with Crippen molar-refractivity contribution in [2.45, 2.75) is 58.7 Å². The average Bonchev–Trinajstić information content (AvgIpc) is 3.34. The van der Waals surface area contributed by atoms with E-state index in [1.165, 1.54) is 11.1 Å². The second-order valence-corrected chi connectivity index (χ2v) is 9.93.